The number of amides is 1. The Morgan fingerprint density at radius 3 is 2.89 bits per heavy atom. The molecule has 1 atom stereocenters. The number of rotatable bonds is 3. The maximum atomic E-state index is 14.0. The molecule has 1 saturated heterocycles. The average molecular weight is 459 g/mol. The second-order valence-corrected chi connectivity index (χ2v) is 8.44. The number of benzene rings is 1. The van der Waals surface area contributed by atoms with Crippen LogP contribution in [0.1, 0.15) is 20.8 Å². The van der Waals surface area contributed by atoms with Gasteiger partial charge >= 0.3 is 12.2 Å². The summed E-state index contributed by atoms with van der Waals surface area (Å²) < 4.78 is 44.5. The van der Waals surface area contributed by atoms with E-state index in [2.05, 4.69) is 20.9 Å². The van der Waals surface area contributed by atoms with Crippen molar-refractivity contribution in [3.63, 3.8) is 0 Å². The van der Waals surface area contributed by atoms with Crippen molar-refractivity contribution >= 4 is 32.9 Å². The largest absolute Gasteiger partial charge is 0.490 e. The molecule has 0 bridgehead atoms. The summed E-state index contributed by atoms with van der Waals surface area (Å²) in [4.78, 5) is 17.4. The SMILES string of the molecule is CC(C)(C)OC(=O)N1C[C@@H](COc2cc(Br)cc3ncccc23)OC(F)(F)C1. The summed E-state index contributed by atoms with van der Waals surface area (Å²) in [6, 6.07) is 7.15. The molecule has 2 aromatic rings. The van der Waals surface area contributed by atoms with E-state index in [0.717, 1.165) is 14.8 Å². The van der Waals surface area contributed by atoms with Gasteiger partial charge in [0.15, 0.2) is 0 Å². The third-order valence-electron chi connectivity index (χ3n) is 3.86. The van der Waals surface area contributed by atoms with Gasteiger partial charge in [-0.3, -0.25) is 9.88 Å². The van der Waals surface area contributed by atoms with Gasteiger partial charge in [-0.05, 0) is 45.0 Å². The molecule has 1 aromatic heterocycles. The lowest BCUT2D eigenvalue weighted by molar-refractivity contribution is -0.295. The molecular formula is C19H21BrF2N2O4. The maximum absolute atomic E-state index is 14.0. The Labute approximate surface area is 169 Å². The molecule has 9 heteroatoms. The normalized spacial score (nSPS) is 19.5. The van der Waals surface area contributed by atoms with E-state index in [-0.39, 0.29) is 13.2 Å². The average Bonchev–Trinajstić information content (AvgIpc) is 2.56. The predicted molar refractivity (Wildman–Crippen MR) is 103 cm³/mol. The van der Waals surface area contributed by atoms with Gasteiger partial charge in [0.2, 0.25) is 0 Å². The summed E-state index contributed by atoms with van der Waals surface area (Å²) in [6.07, 6.45) is -3.65. The highest BCUT2D eigenvalue weighted by molar-refractivity contribution is 9.10. The van der Waals surface area contributed by atoms with Crippen LogP contribution >= 0.6 is 15.9 Å². The van der Waals surface area contributed by atoms with E-state index < -0.39 is 30.5 Å². The van der Waals surface area contributed by atoms with Gasteiger partial charge in [-0.1, -0.05) is 15.9 Å². The highest BCUT2D eigenvalue weighted by Crippen LogP contribution is 2.31. The van der Waals surface area contributed by atoms with Gasteiger partial charge in [-0.15, -0.1) is 0 Å². The zero-order chi connectivity index (χ0) is 20.5. The molecule has 0 radical (unpaired) electrons. The zero-order valence-electron chi connectivity index (χ0n) is 15.7. The number of hydrogen-bond acceptors (Lipinski definition) is 5. The van der Waals surface area contributed by atoms with Gasteiger partial charge in [-0.2, -0.15) is 8.78 Å². The first-order valence-electron chi connectivity index (χ1n) is 8.73. The van der Waals surface area contributed by atoms with Crippen molar-refractivity contribution < 1.29 is 27.8 Å². The molecule has 6 nitrogen and oxygen atoms in total. The van der Waals surface area contributed by atoms with Crippen LogP contribution in [0.3, 0.4) is 0 Å². The molecule has 2 heterocycles. The number of pyridine rings is 1. The molecule has 28 heavy (non-hydrogen) atoms. The number of alkyl halides is 2. The minimum absolute atomic E-state index is 0.0608. The Morgan fingerprint density at radius 1 is 1.43 bits per heavy atom. The number of hydrogen-bond donors (Lipinski definition) is 0. The minimum atomic E-state index is -3.48. The van der Waals surface area contributed by atoms with Gasteiger partial charge in [0.1, 0.15) is 30.6 Å². The zero-order valence-corrected chi connectivity index (χ0v) is 17.3. The molecule has 1 aliphatic heterocycles. The Hall–Kier alpha value is -2.00. The number of morpholine rings is 1. The number of fused-ring (bicyclic) bond motifs is 1. The van der Waals surface area contributed by atoms with Crippen LogP contribution in [0.2, 0.25) is 0 Å². The lowest BCUT2D eigenvalue weighted by Crippen LogP contribution is -2.55. The van der Waals surface area contributed by atoms with Crippen LogP contribution in [0.25, 0.3) is 10.9 Å². The third kappa shape index (κ3) is 5.29. The van der Waals surface area contributed by atoms with Crippen molar-refractivity contribution in [1.82, 2.24) is 9.88 Å². The van der Waals surface area contributed by atoms with Crippen molar-refractivity contribution in [2.45, 2.75) is 38.6 Å². The molecule has 0 spiro atoms. The highest BCUT2D eigenvalue weighted by atomic mass is 79.9. The highest BCUT2D eigenvalue weighted by Gasteiger charge is 2.44. The topological polar surface area (TPSA) is 60.9 Å². The standard InChI is InChI=1S/C19H21BrF2N2O4/c1-18(2,3)28-17(25)24-9-13(27-19(21,22)11-24)10-26-16-8-12(20)7-15-14(16)5-4-6-23-15/h4-8,13H,9-11H2,1-3H3/t13-/m0/s1. The number of halogens is 3. The van der Waals surface area contributed by atoms with Gasteiger partial charge < -0.3 is 14.2 Å². The lowest BCUT2D eigenvalue weighted by atomic mass is 10.2. The van der Waals surface area contributed by atoms with E-state index >= 15 is 0 Å². The molecule has 0 N–H and O–H groups in total. The molecule has 1 aromatic carbocycles. The van der Waals surface area contributed by atoms with Crippen molar-refractivity contribution in [2.75, 3.05) is 19.7 Å². The Balaban J connectivity index is 1.72. The molecule has 1 aliphatic rings. The summed E-state index contributed by atoms with van der Waals surface area (Å²) in [5.74, 6) is 0.485. The molecule has 0 aliphatic carbocycles. The first-order valence-corrected chi connectivity index (χ1v) is 9.52. The smallest absolute Gasteiger partial charge is 0.410 e. The van der Waals surface area contributed by atoms with E-state index in [4.69, 9.17) is 14.2 Å². The van der Waals surface area contributed by atoms with E-state index in [1.54, 1.807) is 39.1 Å². The van der Waals surface area contributed by atoms with Gasteiger partial charge in [-0.25, -0.2) is 4.79 Å². The van der Waals surface area contributed by atoms with E-state index in [1.165, 1.54) is 0 Å². The summed E-state index contributed by atoms with van der Waals surface area (Å²) in [6.45, 7) is 3.95. The van der Waals surface area contributed by atoms with E-state index in [9.17, 15) is 13.6 Å². The number of carbonyl (C=O) groups is 1. The fourth-order valence-electron chi connectivity index (χ4n) is 2.82. The molecule has 0 saturated carbocycles. The monoisotopic (exact) mass is 458 g/mol. The molecule has 0 unspecified atom stereocenters. The van der Waals surface area contributed by atoms with Crippen LogP contribution in [0.5, 0.6) is 5.75 Å². The van der Waals surface area contributed by atoms with Crippen molar-refractivity contribution in [3.05, 3.63) is 34.9 Å². The van der Waals surface area contributed by atoms with Crippen LogP contribution in [-0.4, -0.2) is 53.5 Å². The fraction of sp³-hybridized carbons (Fsp3) is 0.474. The summed E-state index contributed by atoms with van der Waals surface area (Å²) in [5.41, 5.74) is -0.0732. The van der Waals surface area contributed by atoms with Crippen LogP contribution < -0.4 is 4.74 Å². The van der Waals surface area contributed by atoms with Gasteiger partial charge in [0.05, 0.1) is 12.1 Å². The number of nitrogens with zero attached hydrogens (tertiary/aromatic N) is 2. The summed E-state index contributed by atoms with van der Waals surface area (Å²) in [7, 11) is 0. The quantitative estimate of drug-likeness (QED) is 0.672. The number of carbonyl (C=O) groups excluding carboxylic acids is 1. The molecular weight excluding hydrogens is 438 g/mol. The Morgan fingerprint density at radius 2 is 2.18 bits per heavy atom. The lowest BCUT2D eigenvalue weighted by Gasteiger charge is -2.37. The predicted octanol–water partition coefficient (Wildman–Crippen LogP) is 4.60. The number of ether oxygens (including phenoxy) is 3. The first-order chi connectivity index (χ1) is 13.0. The van der Waals surface area contributed by atoms with Crippen molar-refractivity contribution in [1.29, 1.82) is 0 Å². The van der Waals surface area contributed by atoms with Crippen LogP contribution in [0.4, 0.5) is 13.6 Å². The van der Waals surface area contributed by atoms with E-state index in [1.807, 2.05) is 12.1 Å². The second kappa shape index (κ2) is 7.79. The van der Waals surface area contributed by atoms with Gasteiger partial charge in [0, 0.05) is 16.1 Å². The van der Waals surface area contributed by atoms with Crippen LogP contribution in [0, 0.1) is 0 Å². The fourth-order valence-corrected chi connectivity index (χ4v) is 3.25. The second-order valence-electron chi connectivity index (χ2n) is 7.52. The number of aromatic nitrogens is 1. The molecule has 152 valence electrons. The van der Waals surface area contributed by atoms with Crippen LogP contribution in [0.15, 0.2) is 34.9 Å². The van der Waals surface area contributed by atoms with Crippen LogP contribution in [-0.2, 0) is 9.47 Å². The Bertz CT molecular complexity index is 873. The minimum Gasteiger partial charge on any atom is -0.490 e. The van der Waals surface area contributed by atoms with Crippen molar-refractivity contribution in [3.8, 4) is 5.75 Å². The molecule has 1 amide bonds. The third-order valence-corrected chi connectivity index (χ3v) is 4.32. The molecule has 1 fully saturated rings. The maximum Gasteiger partial charge on any atom is 0.410 e. The van der Waals surface area contributed by atoms with Gasteiger partial charge in [0.25, 0.3) is 0 Å². The Kier molecular flexibility index (Phi) is 5.77. The first kappa shape index (κ1) is 20.7. The van der Waals surface area contributed by atoms with E-state index in [0.29, 0.717) is 11.3 Å². The summed E-state index contributed by atoms with van der Waals surface area (Å²) in [5, 5.41) is 0.747. The van der Waals surface area contributed by atoms with Crippen molar-refractivity contribution in [2.24, 2.45) is 0 Å². The molecule has 3 rings (SSSR count). The summed E-state index contributed by atoms with van der Waals surface area (Å²) >= 11 is 3.38.